The van der Waals surface area contributed by atoms with Crippen molar-refractivity contribution < 1.29 is 14.0 Å². The summed E-state index contributed by atoms with van der Waals surface area (Å²) in [5.41, 5.74) is 0.928. The molecule has 2 aromatic carbocycles. The van der Waals surface area contributed by atoms with Crippen LogP contribution in [0.5, 0.6) is 0 Å². The molecule has 1 heterocycles. The van der Waals surface area contributed by atoms with Gasteiger partial charge in [-0.3, -0.25) is 9.69 Å². The average molecular weight is 359 g/mol. The first-order valence-corrected chi connectivity index (χ1v) is 9.06. The zero-order valence-electron chi connectivity index (χ0n) is 13.7. The molecule has 25 heavy (non-hydrogen) atoms. The molecule has 1 saturated heterocycles. The maximum absolute atomic E-state index is 13.9. The number of urea groups is 1. The van der Waals surface area contributed by atoms with Crippen LogP contribution in [0.1, 0.15) is 0 Å². The molecule has 130 valence electrons. The summed E-state index contributed by atoms with van der Waals surface area (Å²) >= 11 is 1.58. The number of nitrogens with one attached hydrogen (secondary N) is 1. The Morgan fingerprint density at radius 2 is 2.00 bits per heavy atom. The van der Waals surface area contributed by atoms with Crippen LogP contribution in [0.25, 0.3) is 0 Å². The van der Waals surface area contributed by atoms with Gasteiger partial charge in [0.25, 0.3) is 0 Å². The van der Waals surface area contributed by atoms with Gasteiger partial charge in [0.2, 0.25) is 5.91 Å². The molecule has 1 fully saturated rings. The molecule has 3 rings (SSSR count). The Morgan fingerprint density at radius 3 is 2.76 bits per heavy atom. The van der Waals surface area contributed by atoms with Gasteiger partial charge in [-0.1, -0.05) is 18.2 Å². The van der Waals surface area contributed by atoms with E-state index in [2.05, 4.69) is 5.32 Å². The predicted octanol–water partition coefficient (Wildman–Crippen LogP) is 3.43. The summed E-state index contributed by atoms with van der Waals surface area (Å²) in [4.78, 5) is 28.5. The van der Waals surface area contributed by atoms with Crippen LogP contribution < -0.4 is 10.2 Å². The van der Waals surface area contributed by atoms with E-state index in [-0.39, 0.29) is 24.2 Å². The first kappa shape index (κ1) is 17.3. The van der Waals surface area contributed by atoms with Crippen molar-refractivity contribution in [2.45, 2.75) is 4.90 Å². The molecule has 0 bridgehead atoms. The highest BCUT2D eigenvalue weighted by molar-refractivity contribution is 7.98. The fourth-order valence-corrected chi connectivity index (χ4v) is 3.16. The minimum atomic E-state index is -0.448. The van der Waals surface area contributed by atoms with E-state index in [0.29, 0.717) is 18.8 Å². The van der Waals surface area contributed by atoms with Gasteiger partial charge in [-0.2, -0.15) is 0 Å². The third-order valence-electron chi connectivity index (χ3n) is 3.93. The average Bonchev–Trinajstić information content (AvgIpc) is 2.96. The Labute approximate surface area is 149 Å². The van der Waals surface area contributed by atoms with Gasteiger partial charge in [-0.05, 0) is 36.6 Å². The van der Waals surface area contributed by atoms with E-state index in [9.17, 15) is 14.0 Å². The van der Waals surface area contributed by atoms with E-state index >= 15 is 0 Å². The van der Waals surface area contributed by atoms with E-state index in [4.69, 9.17) is 0 Å². The van der Waals surface area contributed by atoms with Crippen molar-refractivity contribution in [2.75, 3.05) is 36.1 Å². The number of benzene rings is 2. The molecule has 2 aromatic rings. The summed E-state index contributed by atoms with van der Waals surface area (Å²) in [5, 5.41) is 2.79. The van der Waals surface area contributed by atoms with Gasteiger partial charge in [0, 0.05) is 23.7 Å². The molecule has 0 atom stereocenters. The Morgan fingerprint density at radius 1 is 1.20 bits per heavy atom. The van der Waals surface area contributed by atoms with Crippen molar-refractivity contribution in [1.82, 2.24) is 4.90 Å². The molecule has 3 amide bonds. The van der Waals surface area contributed by atoms with Gasteiger partial charge in [-0.15, -0.1) is 11.8 Å². The van der Waals surface area contributed by atoms with Crippen LogP contribution >= 0.6 is 11.8 Å². The Kier molecular flexibility index (Phi) is 5.23. The number of amides is 3. The van der Waals surface area contributed by atoms with Crippen LogP contribution in [0.2, 0.25) is 0 Å². The normalized spacial score (nSPS) is 14.1. The largest absolute Gasteiger partial charge is 0.325 e. The fourth-order valence-electron chi connectivity index (χ4n) is 2.70. The zero-order valence-corrected chi connectivity index (χ0v) is 14.6. The van der Waals surface area contributed by atoms with E-state index in [1.807, 2.05) is 24.5 Å². The summed E-state index contributed by atoms with van der Waals surface area (Å²) < 4.78 is 13.9. The standard InChI is InChI=1S/C18H18FN3O2S/c1-25-14-6-4-5-13(11-14)20-17(23)12-21-9-10-22(18(21)24)16-8-3-2-7-15(16)19/h2-8,11H,9-10,12H2,1H3,(H,20,23). The van der Waals surface area contributed by atoms with Gasteiger partial charge < -0.3 is 10.2 Å². The number of carbonyl (C=O) groups is 2. The number of hydrogen-bond donors (Lipinski definition) is 1. The number of rotatable bonds is 5. The van der Waals surface area contributed by atoms with Crippen LogP contribution in [0.3, 0.4) is 0 Å². The SMILES string of the molecule is CSc1cccc(NC(=O)CN2CCN(c3ccccc3F)C2=O)c1. The molecule has 0 unspecified atom stereocenters. The van der Waals surface area contributed by atoms with E-state index in [0.717, 1.165) is 4.90 Å². The minimum absolute atomic E-state index is 0.0622. The summed E-state index contributed by atoms with van der Waals surface area (Å²) in [6.45, 7) is 0.674. The molecule has 7 heteroatoms. The molecule has 0 saturated carbocycles. The van der Waals surface area contributed by atoms with Gasteiger partial charge >= 0.3 is 6.03 Å². The lowest BCUT2D eigenvalue weighted by atomic mass is 10.3. The number of thioether (sulfide) groups is 1. The first-order valence-electron chi connectivity index (χ1n) is 7.83. The maximum atomic E-state index is 13.9. The molecule has 1 aliphatic rings. The Balaban J connectivity index is 1.63. The van der Waals surface area contributed by atoms with E-state index in [1.165, 1.54) is 15.9 Å². The number of halogens is 1. The highest BCUT2D eigenvalue weighted by Crippen LogP contribution is 2.23. The van der Waals surface area contributed by atoms with Gasteiger partial charge in [0.1, 0.15) is 12.4 Å². The van der Waals surface area contributed by atoms with E-state index < -0.39 is 5.82 Å². The maximum Gasteiger partial charge on any atom is 0.325 e. The lowest BCUT2D eigenvalue weighted by Crippen LogP contribution is -2.37. The number of hydrogen-bond acceptors (Lipinski definition) is 3. The van der Waals surface area contributed by atoms with Crippen LogP contribution in [0, 0.1) is 5.82 Å². The van der Waals surface area contributed by atoms with Crippen LogP contribution in [0.4, 0.5) is 20.6 Å². The van der Waals surface area contributed by atoms with Crippen molar-refractivity contribution in [1.29, 1.82) is 0 Å². The van der Waals surface area contributed by atoms with Crippen molar-refractivity contribution in [3.05, 3.63) is 54.3 Å². The molecular weight excluding hydrogens is 341 g/mol. The van der Waals surface area contributed by atoms with Crippen molar-refractivity contribution in [3.8, 4) is 0 Å². The van der Waals surface area contributed by atoms with Crippen molar-refractivity contribution in [2.24, 2.45) is 0 Å². The smallest absolute Gasteiger partial charge is 0.325 e. The second kappa shape index (κ2) is 7.57. The minimum Gasteiger partial charge on any atom is -0.325 e. The molecule has 0 aliphatic carbocycles. The third kappa shape index (κ3) is 3.93. The van der Waals surface area contributed by atoms with Crippen molar-refractivity contribution in [3.63, 3.8) is 0 Å². The summed E-state index contributed by atoms with van der Waals surface area (Å²) in [7, 11) is 0. The predicted molar refractivity (Wildman–Crippen MR) is 97.6 cm³/mol. The number of para-hydroxylation sites is 1. The molecule has 1 aliphatic heterocycles. The topological polar surface area (TPSA) is 52.7 Å². The summed E-state index contributed by atoms with van der Waals surface area (Å²) in [6, 6.07) is 13.3. The molecule has 0 spiro atoms. The van der Waals surface area contributed by atoms with Crippen LogP contribution in [0.15, 0.2) is 53.4 Å². The lowest BCUT2D eigenvalue weighted by Gasteiger charge is -2.19. The summed E-state index contributed by atoms with van der Waals surface area (Å²) in [5.74, 6) is -0.724. The molecule has 1 N–H and O–H groups in total. The summed E-state index contributed by atoms with van der Waals surface area (Å²) in [6.07, 6.45) is 1.96. The lowest BCUT2D eigenvalue weighted by molar-refractivity contribution is -0.116. The monoisotopic (exact) mass is 359 g/mol. The molecular formula is C18H18FN3O2S. The Hall–Kier alpha value is -2.54. The van der Waals surface area contributed by atoms with Gasteiger partial charge in [0.15, 0.2) is 0 Å². The van der Waals surface area contributed by atoms with Crippen LogP contribution in [-0.2, 0) is 4.79 Å². The Bertz CT molecular complexity index is 799. The molecule has 0 radical (unpaired) electrons. The molecule has 5 nitrogen and oxygen atoms in total. The fraction of sp³-hybridized carbons (Fsp3) is 0.222. The number of carbonyl (C=O) groups excluding carboxylic acids is 2. The zero-order chi connectivity index (χ0) is 17.8. The van der Waals surface area contributed by atoms with E-state index in [1.54, 1.807) is 36.0 Å². The van der Waals surface area contributed by atoms with Gasteiger partial charge in [0.05, 0.1) is 5.69 Å². The quantitative estimate of drug-likeness (QED) is 0.832. The highest BCUT2D eigenvalue weighted by atomic mass is 32.2. The number of nitrogens with zero attached hydrogens (tertiary/aromatic N) is 2. The highest BCUT2D eigenvalue weighted by Gasteiger charge is 2.32. The van der Waals surface area contributed by atoms with Crippen molar-refractivity contribution >= 4 is 35.1 Å². The first-order chi connectivity index (χ1) is 12.1. The molecule has 0 aromatic heterocycles. The second-order valence-electron chi connectivity index (χ2n) is 5.59. The van der Waals surface area contributed by atoms with Gasteiger partial charge in [-0.25, -0.2) is 9.18 Å². The van der Waals surface area contributed by atoms with Crippen LogP contribution in [-0.4, -0.2) is 42.7 Å². The third-order valence-corrected chi connectivity index (χ3v) is 4.65. The second-order valence-corrected chi connectivity index (χ2v) is 6.47. The number of anilines is 2.